The number of rotatable bonds is 1. The molecule has 0 amide bonds. The van der Waals surface area contributed by atoms with E-state index < -0.39 is 0 Å². The molecule has 1 aliphatic heterocycles. The molecule has 0 aliphatic carbocycles. The van der Waals surface area contributed by atoms with Crippen molar-refractivity contribution in [2.24, 2.45) is 0 Å². The van der Waals surface area contributed by atoms with Gasteiger partial charge in [0, 0.05) is 25.0 Å². The molecule has 11 heavy (non-hydrogen) atoms. The first kappa shape index (κ1) is 8.14. The molecule has 3 heteroatoms. The summed E-state index contributed by atoms with van der Waals surface area (Å²) in [5, 5.41) is 3.12. The number of allylic oxidation sites excluding steroid dienone is 2. The Hall–Kier alpha value is -0.960. The maximum Gasteiger partial charge on any atom is 0.0315 e. The summed E-state index contributed by atoms with van der Waals surface area (Å²) >= 11 is 0. The van der Waals surface area contributed by atoms with Crippen LogP contribution < -0.4 is 16.2 Å². The molecule has 1 heterocycles. The van der Waals surface area contributed by atoms with Gasteiger partial charge in [0.25, 0.3) is 0 Å². The lowest BCUT2D eigenvalue weighted by molar-refractivity contribution is 0.598. The van der Waals surface area contributed by atoms with Gasteiger partial charge in [-0.15, -0.1) is 0 Å². The number of hydrogen-bond acceptors (Lipinski definition) is 3. The second-order valence-corrected chi connectivity index (χ2v) is 2.58. The van der Waals surface area contributed by atoms with Gasteiger partial charge in [-0.25, -0.2) is 5.43 Å². The van der Waals surface area contributed by atoms with E-state index in [0.717, 1.165) is 18.7 Å². The molecule has 62 valence electrons. The van der Waals surface area contributed by atoms with E-state index in [1.54, 1.807) is 0 Å². The van der Waals surface area contributed by atoms with E-state index in [1.165, 1.54) is 5.70 Å². The average Bonchev–Trinajstić information content (AvgIpc) is 1.96. The Morgan fingerprint density at radius 2 is 2.36 bits per heavy atom. The van der Waals surface area contributed by atoms with Crippen LogP contribution in [0, 0.1) is 0 Å². The van der Waals surface area contributed by atoms with Crippen molar-refractivity contribution in [2.75, 3.05) is 13.6 Å². The topological polar surface area (TPSA) is 36.1 Å². The van der Waals surface area contributed by atoms with Gasteiger partial charge in [0.2, 0.25) is 0 Å². The minimum absolute atomic E-state index is 0.969. The van der Waals surface area contributed by atoms with Crippen LogP contribution in [0.2, 0.25) is 0 Å². The first-order valence-corrected chi connectivity index (χ1v) is 3.88. The SMILES string of the molecule is CNC1=C/CCNN\C(C)=C\1. The minimum Gasteiger partial charge on any atom is -0.388 e. The van der Waals surface area contributed by atoms with Gasteiger partial charge in [-0.1, -0.05) is 6.08 Å². The van der Waals surface area contributed by atoms with E-state index in [-0.39, 0.29) is 0 Å². The van der Waals surface area contributed by atoms with Gasteiger partial charge in [0.1, 0.15) is 0 Å². The minimum atomic E-state index is 0.969. The second kappa shape index (κ2) is 4.03. The monoisotopic (exact) mass is 153 g/mol. The Morgan fingerprint density at radius 1 is 1.55 bits per heavy atom. The molecule has 0 aromatic heterocycles. The molecule has 1 aliphatic rings. The van der Waals surface area contributed by atoms with Crippen LogP contribution in [0.3, 0.4) is 0 Å². The maximum atomic E-state index is 3.12. The van der Waals surface area contributed by atoms with Crippen molar-refractivity contribution in [3.63, 3.8) is 0 Å². The van der Waals surface area contributed by atoms with E-state index in [9.17, 15) is 0 Å². The van der Waals surface area contributed by atoms with Crippen LogP contribution in [0.5, 0.6) is 0 Å². The fourth-order valence-corrected chi connectivity index (χ4v) is 1.00. The third kappa shape index (κ3) is 2.63. The van der Waals surface area contributed by atoms with Gasteiger partial charge in [0.15, 0.2) is 0 Å². The van der Waals surface area contributed by atoms with E-state index in [1.807, 2.05) is 14.0 Å². The summed E-state index contributed by atoms with van der Waals surface area (Å²) < 4.78 is 0. The fourth-order valence-electron chi connectivity index (χ4n) is 1.00. The molecule has 0 aromatic carbocycles. The molecule has 0 atom stereocenters. The summed E-state index contributed by atoms with van der Waals surface area (Å²) in [6.45, 7) is 3.00. The van der Waals surface area contributed by atoms with Gasteiger partial charge < -0.3 is 10.7 Å². The van der Waals surface area contributed by atoms with Gasteiger partial charge in [0.05, 0.1) is 0 Å². The lowest BCUT2D eigenvalue weighted by atomic mass is 10.2. The van der Waals surface area contributed by atoms with Crippen molar-refractivity contribution in [2.45, 2.75) is 13.3 Å². The highest BCUT2D eigenvalue weighted by molar-refractivity contribution is 5.20. The van der Waals surface area contributed by atoms with E-state index >= 15 is 0 Å². The zero-order chi connectivity index (χ0) is 8.10. The van der Waals surface area contributed by atoms with Crippen LogP contribution in [-0.4, -0.2) is 13.6 Å². The highest BCUT2D eigenvalue weighted by Gasteiger charge is 1.95. The van der Waals surface area contributed by atoms with Crippen LogP contribution in [0.4, 0.5) is 0 Å². The Morgan fingerprint density at radius 3 is 3.09 bits per heavy atom. The Kier molecular flexibility index (Phi) is 2.98. The summed E-state index contributed by atoms with van der Waals surface area (Å²) in [5.74, 6) is 0. The van der Waals surface area contributed by atoms with Gasteiger partial charge in [-0.05, 0) is 19.4 Å². The molecule has 1 rings (SSSR count). The zero-order valence-corrected chi connectivity index (χ0v) is 7.07. The summed E-state index contributed by atoms with van der Waals surface area (Å²) in [6, 6.07) is 0. The molecule has 0 radical (unpaired) electrons. The molecular formula is C8H15N3. The Bertz CT molecular complexity index is 182. The van der Waals surface area contributed by atoms with Crippen LogP contribution in [0.25, 0.3) is 0 Å². The van der Waals surface area contributed by atoms with Crippen molar-refractivity contribution in [1.82, 2.24) is 16.2 Å². The van der Waals surface area contributed by atoms with Gasteiger partial charge in [-0.3, -0.25) is 0 Å². The predicted molar refractivity (Wildman–Crippen MR) is 46.7 cm³/mol. The lowest BCUT2D eigenvalue weighted by Crippen LogP contribution is -2.32. The molecule has 3 nitrogen and oxygen atoms in total. The Labute approximate surface area is 67.5 Å². The first-order chi connectivity index (χ1) is 5.33. The van der Waals surface area contributed by atoms with Crippen molar-refractivity contribution in [1.29, 1.82) is 0 Å². The summed E-state index contributed by atoms with van der Waals surface area (Å²) in [4.78, 5) is 0. The van der Waals surface area contributed by atoms with Crippen LogP contribution in [0.15, 0.2) is 23.5 Å². The molecule has 0 saturated carbocycles. The average molecular weight is 153 g/mol. The number of likely N-dealkylation sites (N-methyl/N-ethyl adjacent to an activating group) is 1. The normalized spacial score (nSPS) is 28.2. The van der Waals surface area contributed by atoms with E-state index in [4.69, 9.17) is 0 Å². The summed E-state index contributed by atoms with van der Waals surface area (Å²) in [6.07, 6.45) is 5.30. The predicted octanol–water partition coefficient (Wildman–Crippen LogP) is 0.491. The van der Waals surface area contributed by atoms with Crippen LogP contribution >= 0.6 is 0 Å². The molecule has 0 fully saturated rings. The molecule has 3 N–H and O–H groups in total. The smallest absolute Gasteiger partial charge is 0.0315 e. The van der Waals surface area contributed by atoms with Crippen molar-refractivity contribution >= 4 is 0 Å². The van der Waals surface area contributed by atoms with Crippen molar-refractivity contribution in [3.8, 4) is 0 Å². The molecule has 0 unspecified atom stereocenters. The highest BCUT2D eigenvalue weighted by atomic mass is 15.4. The van der Waals surface area contributed by atoms with Gasteiger partial charge in [-0.2, -0.15) is 0 Å². The summed E-state index contributed by atoms with van der Waals surface area (Å²) in [7, 11) is 1.94. The zero-order valence-electron chi connectivity index (χ0n) is 7.07. The standard InChI is InChI=1S/C8H15N3/c1-7-6-8(9-2)4-3-5-10-11-7/h4,6,9-11H,3,5H2,1-2H3/b7-6+,8-4+. The van der Waals surface area contributed by atoms with Crippen LogP contribution in [0.1, 0.15) is 13.3 Å². The quantitative estimate of drug-likeness (QED) is 0.513. The largest absolute Gasteiger partial charge is 0.388 e. The van der Waals surface area contributed by atoms with Gasteiger partial charge >= 0.3 is 0 Å². The number of hydrogen-bond donors (Lipinski definition) is 3. The first-order valence-electron chi connectivity index (χ1n) is 3.88. The third-order valence-corrected chi connectivity index (χ3v) is 1.58. The molecule has 0 saturated heterocycles. The maximum absolute atomic E-state index is 3.12. The molecule has 0 spiro atoms. The highest BCUT2D eigenvalue weighted by Crippen LogP contribution is 1.99. The summed E-state index contributed by atoms with van der Waals surface area (Å²) in [5.41, 5.74) is 8.48. The van der Waals surface area contributed by atoms with Crippen molar-refractivity contribution < 1.29 is 0 Å². The number of nitrogens with one attached hydrogen (secondary N) is 3. The molecular weight excluding hydrogens is 138 g/mol. The van der Waals surface area contributed by atoms with Crippen molar-refractivity contribution in [3.05, 3.63) is 23.5 Å². The number of hydrazine groups is 1. The lowest BCUT2D eigenvalue weighted by Gasteiger charge is -2.12. The fraction of sp³-hybridized carbons (Fsp3) is 0.500. The molecule has 0 aromatic rings. The van der Waals surface area contributed by atoms with Crippen LogP contribution in [-0.2, 0) is 0 Å². The van der Waals surface area contributed by atoms with E-state index in [2.05, 4.69) is 28.3 Å². The second-order valence-electron chi connectivity index (χ2n) is 2.58. The van der Waals surface area contributed by atoms with E-state index in [0.29, 0.717) is 0 Å². The molecule has 0 bridgehead atoms. The third-order valence-electron chi connectivity index (χ3n) is 1.58. The Balaban J connectivity index is 2.65.